The maximum atomic E-state index is 13.2. The molecule has 30 heavy (non-hydrogen) atoms. The van der Waals surface area contributed by atoms with Crippen LogP contribution in [0.1, 0.15) is 51.2 Å². The number of halogens is 2. The van der Waals surface area contributed by atoms with E-state index in [1.165, 1.54) is 0 Å². The molecular formula is C24H25BrClNO3. The lowest BCUT2D eigenvalue weighted by Crippen LogP contribution is -2.39. The highest BCUT2D eigenvalue weighted by Gasteiger charge is 2.38. The molecule has 4 nitrogen and oxygen atoms in total. The van der Waals surface area contributed by atoms with Crippen LogP contribution in [0.5, 0.6) is 0 Å². The van der Waals surface area contributed by atoms with Crippen LogP contribution in [0.4, 0.5) is 0 Å². The van der Waals surface area contributed by atoms with Crippen LogP contribution < -0.4 is 0 Å². The van der Waals surface area contributed by atoms with Crippen molar-refractivity contribution in [1.29, 1.82) is 0 Å². The van der Waals surface area contributed by atoms with Crippen LogP contribution in [-0.4, -0.2) is 22.4 Å². The summed E-state index contributed by atoms with van der Waals surface area (Å²) in [6.45, 7) is 7.72. The number of amides is 1. The summed E-state index contributed by atoms with van der Waals surface area (Å²) >= 11 is 9.62. The van der Waals surface area contributed by atoms with Gasteiger partial charge in [-0.1, -0.05) is 51.8 Å². The minimum atomic E-state index is -0.638. The number of hydrogen-bond acceptors (Lipinski definition) is 3. The van der Waals surface area contributed by atoms with Crippen LogP contribution in [-0.2, 0) is 20.9 Å². The minimum absolute atomic E-state index is 0.0345. The van der Waals surface area contributed by atoms with Gasteiger partial charge in [0.15, 0.2) is 0 Å². The number of nitrogens with zero attached hydrogens (tertiary/aromatic N) is 1. The van der Waals surface area contributed by atoms with Crippen LogP contribution in [0.15, 0.2) is 64.3 Å². The quantitative estimate of drug-likeness (QED) is 0.477. The summed E-state index contributed by atoms with van der Waals surface area (Å²) in [6, 6.07) is 15.1. The highest BCUT2D eigenvalue weighted by molar-refractivity contribution is 9.10. The lowest BCUT2D eigenvalue weighted by Gasteiger charge is -2.35. The summed E-state index contributed by atoms with van der Waals surface area (Å²) in [7, 11) is 0. The third-order valence-corrected chi connectivity index (χ3v) is 5.71. The number of carbonyl (C=O) groups excluding carboxylic acids is 2. The molecule has 1 amide bonds. The summed E-state index contributed by atoms with van der Waals surface area (Å²) in [5, 5.41) is 0.568. The summed E-state index contributed by atoms with van der Waals surface area (Å²) in [5.74, 6) is -0.835. The molecule has 158 valence electrons. The first-order valence-corrected chi connectivity index (χ1v) is 11.0. The molecule has 0 fully saturated rings. The lowest BCUT2D eigenvalue weighted by atomic mass is 9.83. The molecule has 1 aliphatic rings. The smallest absolute Gasteiger partial charge is 0.336 e. The average Bonchev–Trinajstić information content (AvgIpc) is 2.64. The largest absolute Gasteiger partial charge is 0.457 e. The maximum Gasteiger partial charge on any atom is 0.336 e. The molecule has 1 heterocycles. The Kier molecular flexibility index (Phi) is 6.73. The summed E-state index contributed by atoms with van der Waals surface area (Å²) in [5.41, 5.74) is 2.30. The van der Waals surface area contributed by atoms with Gasteiger partial charge in [0.25, 0.3) is 0 Å². The number of benzene rings is 2. The Balaban J connectivity index is 2.04. The van der Waals surface area contributed by atoms with Crippen molar-refractivity contribution in [2.24, 2.45) is 0 Å². The zero-order valence-electron chi connectivity index (χ0n) is 17.5. The Morgan fingerprint density at radius 3 is 2.47 bits per heavy atom. The van der Waals surface area contributed by atoms with Gasteiger partial charge >= 0.3 is 5.97 Å². The van der Waals surface area contributed by atoms with Gasteiger partial charge in [0.1, 0.15) is 5.60 Å². The predicted molar refractivity (Wildman–Crippen MR) is 122 cm³/mol. The van der Waals surface area contributed by atoms with E-state index in [0.29, 0.717) is 22.8 Å². The molecular weight excluding hydrogens is 466 g/mol. The molecule has 1 atom stereocenters. The molecule has 0 unspecified atom stereocenters. The molecule has 0 bridgehead atoms. The van der Waals surface area contributed by atoms with Gasteiger partial charge < -0.3 is 9.64 Å². The first-order valence-electron chi connectivity index (χ1n) is 9.79. The number of rotatable bonds is 4. The third kappa shape index (κ3) is 5.32. The van der Waals surface area contributed by atoms with Crippen molar-refractivity contribution >= 4 is 39.4 Å². The lowest BCUT2D eigenvalue weighted by molar-refractivity contribution is -0.150. The van der Waals surface area contributed by atoms with Gasteiger partial charge in [-0.15, -0.1) is 0 Å². The molecule has 0 N–H and O–H groups in total. The first-order chi connectivity index (χ1) is 14.0. The second-order valence-electron chi connectivity index (χ2n) is 8.42. The molecule has 1 aliphatic heterocycles. The third-order valence-electron chi connectivity index (χ3n) is 4.95. The molecule has 0 aromatic heterocycles. The molecule has 2 aromatic rings. The number of allylic oxidation sites excluding steroid dienone is 1. The topological polar surface area (TPSA) is 46.6 Å². The summed E-state index contributed by atoms with van der Waals surface area (Å²) in [6.07, 6.45) is 0.183. The molecule has 0 saturated heterocycles. The van der Waals surface area contributed by atoms with E-state index >= 15 is 0 Å². The number of ether oxygens (including phenoxy) is 1. The molecule has 2 aromatic carbocycles. The van der Waals surface area contributed by atoms with E-state index in [9.17, 15) is 9.59 Å². The zero-order chi connectivity index (χ0) is 22.1. The summed E-state index contributed by atoms with van der Waals surface area (Å²) in [4.78, 5) is 28.0. The fourth-order valence-corrected chi connectivity index (χ4v) is 4.04. The van der Waals surface area contributed by atoms with Crippen LogP contribution in [0.2, 0.25) is 5.02 Å². The van der Waals surface area contributed by atoms with Gasteiger partial charge in [0, 0.05) is 27.5 Å². The number of esters is 1. The fourth-order valence-electron chi connectivity index (χ4n) is 3.58. The second kappa shape index (κ2) is 8.94. The number of carbonyl (C=O) groups is 2. The van der Waals surface area contributed by atoms with E-state index < -0.39 is 17.5 Å². The molecule has 6 heteroatoms. The summed E-state index contributed by atoms with van der Waals surface area (Å²) < 4.78 is 6.68. The van der Waals surface area contributed by atoms with Crippen LogP contribution in [0.25, 0.3) is 0 Å². The van der Waals surface area contributed by atoms with Crippen molar-refractivity contribution in [3.8, 4) is 0 Å². The normalized spacial score (nSPS) is 17.3. The molecule has 0 aliphatic carbocycles. The van der Waals surface area contributed by atoms with E-state index in [4.69, 9.17) is 16.3 Å². The van der Waals surface area contributed by atoms with Gasteiger partial charge in [0.2, 0.25) is 5.91 Å². The highest BCUT2D eigenvalue weighted by Crippen LogP contribution is 2.39. The van der Waals surface area contributed by atoms with Crippen molar-refractivity contribution < 1.29 is 14.3 Å². The van der Waals surface area contributed by atoms with Crippen molar-refractivity contribution in [3.63, 3.8) is 0 Å². The van der Waals surface area contributed by atoms with Crippen LogP contribution >= 0.6 is 27.5 Å². The van der Waals surface area contributed by atoms with E-state index in [0.717, 1.165) is 15.6 Å². The molecule has 0 spiro atoms. The molecule has 0 radical (unpaired) electrons. The molecule has 3 rings (SSSR count). The van der Waals surface area contributed by atoms with E-state index in [1.54, 1.807) is 11.0 Å². The molecule has 0 saturated carbocycles. The Bertz CT molecular complexity index is 992. The Hall–Kier alpha value is -2.11. The van der Waals surface area contributed by atoms with Crippen LogP contribution in [0.3, 0.4) is 0 Å². The minimum Gasteiger partial charge on any atom is -0.457 e. The van der Waals surface area contributed by atoms with Crippen molar-refractivity contribution in [1.82, 2.24) is 4.90 Å². The number of hydrogen-bond donors (Lipinski definition) is 0. The van der Waals surface area contributed by atoms with E-state index in [1.807, 2.05) is 70.2 Å². The second-order valence-corrected chi connectivity index (χ2v) is 9.77. The first kappa shape index (κ1) is 22.6. The van der Waals surface area contributed by atoms with Gasteiger partial charge in [-0.3, -0.25) is 4.79 Å². The standard InChI is InChI=1S/C24H25BrClNO3/c1-15-22(23(29)30-24(2,3)4)20(17-6-5-7-19(26)12-17)13-21(28)27(15)14-16-8-10-18(25)11-9-16/h5-12,20H,13-14H2,1-4H3/t20-/m1/s1. The SMILES string of the molecule is CC1=C(C(=O)OC(C)(C)C)[C@@H](c2cccc(Cl)c2)CC(=O)N1Cc1ccc(Br)cc1. The zero-order valence-corrected chi connectivity index (χ0v) is 19.9. The van der Waals surface area contributed by atoms with Gasteiger partial charge in [-0.05, 0) is 63.1 Å². The van der Waals surface area contributed by atoms with Gasteiger partial charge in [-0.25, -0.2) is 4.79 Å². The monoisotopic (exact) mass is 489 g/mol. The predicted octanol–water partition coefficient (Wildman–Crippen LogP) is 6.23. The van der Waals surface area contributed by atoms with Gasteiger partial charge in [-0.2, -0.15) is 0 Å². The van der Waals surface area contributed by atoms with Crippen molar-refractivity contribution in [3.05, 3.63) is 80.4 Å². The van der Waals surface area contributed by atoms with Crippen molar-refractivity contribution in [2.45, 2.75) is 52.2 Å². The maximum absolute atomic E-state index is 13.2. The van der Waals surface area contributed by atoms with Gasteiger partial charge in [0.05, 0.1) is 12.1 Å². The average molecular weight is 491 g/mol. The Labute approximate surface area is 191 Å². The van der Waals surface area contributed by atoms with Crippen LogP contribution in [0, 0.1) is 0 Å². The fraction of sp³-hybridized carbons (Fsp3) is 0.333. The van der Waals surface area contributed by atoms with Crippen molar-refractivity contribution in [2.75, 3.05) is 0 Å². The highest BCUT2D eigenvalue weighted by atomic mass is 79.9. The Morgan fingerprint density at radius 1 is 1.20 bits per heavy atom. The Morgan fingerprint density at radius 2 is 1.87 bits per heavy atom. The van der Waals surface area contributed by atoms with E-state index in [2.05, 4.69) is 15.9 Å². The van der Waals surface area contributed by atoms with E-state index in [-0.39, 0.29) is 12.3 Å².